The van der Waals surface area contributed by atoms with Gasteiger partial charge < -0.3 is 13.9 Å². The molecule has 1 aromatic heterocycles. The molecule has 0 unspecified atom stereocenters. The fourth-order valence-electron chi connectivity index (χ4n) is 4.97. The van der Waals surface area contributed by atoms with Crippen molar-refractivity contribution < 1.29 is 9.31 Å². The van der Waals surface area contributed by atoms with Gasteiger partial charge in [-0.3, -0.25) is 0 Å². The zero-order valence-corrected chi connectivity index (χ0v) is 20.8. The molecule has 0 amide bonds. The minimum Gasteiger partial charge on any atom is -0.399 e. The van der Waals surface area contributed by atoms with E-state index in [2.05, 4.69) is 129 Å². The molecule has 0 N–H and O–H groups in total. The third kappa shape index (κ3) is 3.78. The summed E-state index contributed by atoms with van der Waals surface area (Å²) in [5.41, 5.74) is 6.63. The molecule has 1 fully saturated rings. The smallest absolute Gasteiger partial charge is 0.399 e. The van der Waals surface area contributed by atoms with Crippen molar-refractivity contribution in [2.45, 2.75) is 45.3 Å². The van der Waals surface area contributed by atoms with Crippen molar-refractivity contribution in [1.29, 1.82) is 0 Å². The second-order valence-corrected chi connectivity index (χ2v) is 10.5. The van der Waals surface area contributed by atoms with E-state index in [1.165, 1.54) is 38.6 Å². The summed E-state index contributed by atoms with van der Waals surface area (Å²) in [6.45, 7) is 8.35. The molecule has 0 aliphatic carbocycles. The van der Waals surface area contributed by atoms with Crippen molar-refractivity contribution in [3.8, 4) is 5.69 Å². The number of para-hydroxylation sites is 2. The molecule has 1 saturated heterocycles. The van der Waals surface area contributed by atoms with Gasteiger partial charge in [-0.15, -0.1) is 0 Å². The summed E-state index contributed by atoms with van der Waals surface area (Å²) in [4.78, 5) is 0. The number of benzene rings is 4. The van der Waals surface area contributed by atoms with Crippen molar-refractivity contribution in [3.63, 3.8) is 0 Å². The highest BCUT2D eigenvalue weighted by Crippen LogP contribution is 2.36. The largest absolute Gasteiger partial charge is 0.494 e. The lowest BCUT2D eigenvalue weighted by Gasteiger charge is -2.32. The van der Waals surface area contributed by atoms with Gasteiger partial charge in [-0.1, -0.05) is 72.8 Å². The van der Waals surface area contributed by atoms with Gasteiger partial charge in [-0.25, -0.2) is 0 Å². The Morgan fingerprint density at radius 1 is 0.600 bits per heavy atom. The first kappa shape index (κ1) is 22.1. The first-order valence-electron chi connectivity index (χ1n) is 12.3. The van der Waals surface area contributed by atoms with Crippen molar-refractivity contribution in [2.75, 3.05) is 0 Å². The molecule has 1 aliphatic rings. The van der Waals surface area contributed by atoms with Gasteiger partial charge in [0.2, 0.25) is 0 Å². The minimum atomic E-state index is -0.325. The van der Waals surface area contributed by atoms with E-state index in [-0.39, 0.29) is 18.3 Å². The fourth-order valence-corrected chi connectivity index (χ4v) is 4.97. The molecule has 4 heteroatoms. The summed E-state index contributed by atoms with van der Waals surface area (Å²) in [5.74, 6) is 0. The Hall–Kier alpha value is -3.34. The molecule has 2 heterocycles. The van der Waals surface area contributed by atoms with Crippen LogP contribution in [0.2, 0.25) is 0 Å². The number of aromatic nitrogens is 1. The molecule has 4 aromatic carbocycles. The summed E-state index contributed by atoms with van der Waals surface area (Å²) in [5, 5.41) is 2.57. The Labute approximate surface area is 207 Å². The first-order valence-corrected chi connectivity index (χ1v) is 12.3. The monoisotopic (exact) mass is 459 g/mol. The zero-order chi connectivity index (χ0) is 24.2. The lowest BCUT2D eigenvalue weighted by molar-refractivity contribution is 0.00578. The van der Waals surface area contributed by atoms with E-state index >= 15 is 0 Å². The summed E-state index contributed by atoms with van der Waals surface area (Å²) < 4.78 is 14.7. The third-order valence-electron chi connectivity index (χ3n) is 7.69. The van der Waals surface area contributed by atoms with Crippen molar-refractivity contribution >= 4 is 34.4 Å². The maximum atomic E-state index is 6.19. The lowest BCUT2D eigenvalue weighted by Crippen LogP contribution is -2.41. The SMILES string of the molecule is CC1(C)OB(c2ccc(Cc3ccc(-n4c5ccccc5c5ccccc54)cc3)cc2)OC1(C)C. The van der Waals surface area contributed by atoms with Gasteiger partial charge in [0.15, 0.2) is 0 Å². The maximum absolute atomic E-state index is 6.19. The van der Waals surface area contributed by atoms with Crippen LogP contribution in [0.25, 0.3) is 27.5 Å². The van der Waals surface area contributed by atoms with Gasteiger partial charge in [0.05, 0.1) is 22.2 Å². The average molecular weight is 459 g/mol. The molecule has 0 saturated carbocycles. The Kier molecular flexibility index (Phi) is 5.14. The number of hydrogen-bond donors (Lipinski definition) is 0. The summed E-state index contributed by atoms with van der Waals surface area (Å²) >= 11 is 0. The number of fused-ring (bicyclic) bond motifs is 3. The molecule has 0 radical (unpaired) electrons. The molecule has 0 spiro atoms. The van der Waals surface area contributed by atoms with Crippen LogP contribution in [0.5, 0.6) is 0 Å². The van der Waals surface area contributed by atoms with Crippen LogP contribution in [0.1, 0.15) is 38.8 Å². The average Bonchev–Trinajstić information content (AvgIpc) is 3.30. The molecule has 174 valence electrons. The van der Waals surface area contributed by atoms with E-state index in [9.17, 15) is 0 Å². The van der Waals surface area contributed by atoms with Gasteiger partial charge in [-0.2, -0.15) is 0 Å². The first-order chi connectivity index (χ1) is 16.8. The van der Waals surface area contributed by atoms with Crippen LogP contribution >= 0.6 is 0 Å². The van der Waals surface area contributed by atoms with Crippen LogP contribution in [0.4, 0.5) is 0 Å². The van der Waals surface area contributed by atoms with E-state index in [0.29, 0.717) is 0 Å². The molecular formula is C31H30BNO2. The Morgan fingerprint density at radius 2 is 1.06 bits per heavy atom. The highest BCUT2D eigenvalue weighted by Gasteiger charge is 2.51. The van der Waals surface area contributed by atoms with Gasteiger partial charge >= 0.3 is 7.12 Å². The Bertz CT molecular complexity index is 1440. The molecule has 1 aliphatic heterocycles. The standard InChI is InChI=1S/C31H30BNO2/c1-30(2)31(3,4)35-32(34-30)24-17-13-22(14-18-24)21-23-15-19-25(20-16-23)33-28-11-7-5-9-26(28)27-10-6-8-12-29(27)33/h5-20H,21H2,1-4H3. The van der Waals surface area contributed by atoms with Gasteiger partial charge in [0.1, 0.15) is 0 Å². The molecule has 6 rings (SSSR count). The third-order valence-corrected chi connectivity index (χ3v) is 7.69. The van der Waals surface area contributed by atoms with Crippen LogP contribution < -0.4 is 5.46 Å². The van der Waals surface area contributed by atoms with Gasteiger partial charge in [-0.05, 0) is 75.0 Å². The van der Waals surface area contributed by atoms with E-state index in [4.69, 9.17) is 9.31 Å². The Morgan fingerprint density at radius 3 is 1.57 bits per heavy atom. The van der Waals surface area contributed by atoms with Crippen LogP contribution in [-0.2, 0) is 15.7 Å². The predicted octanol–water partition coefficient (Wildman–Crippen LogP) is 6.67. The maximum Gasteiger partial charge on any atom is 0.494 e. The van der Waals surface area contributed by atoms with Crippen LogP contribution in [0, 0.1) is 0 Å². The quantitative estimate of drug-likeness (QED) is 0.280. The molecule has 0 bridgehead atoms. The van der Waals surface area contributed by atoms with E-state index in [1.54, 1.807) is 0 Å². The van der Waals surface area contributed by atoms with Crippen molar-refractivity contribution in [3.05, 3.63) is 108 Å². The molecule has 3 nitrogen and oxygen atoms in total. The van der Waals surface area contributed by atoms with E-state index < -0.39 is 0 Å². The van der Waals surface area contributed by atoms with Crippen LogP contribution in [0.3, 0.4) is 0 Å². The highest BCUT2D eigenvalue weighted by atomic mass is 16.7. The Balaban J connectivity index is 1.24. The fraction of sp³-hybridized carbons (Fsp3) is 0.226. The van der Waals surface area contributed by atoms with Crippen molar-refractivity contribution in [1.82, 2.24) is 4.57 Å². The van der Waals surface area contributed by atoms with Crippen molar-refractivity contribution in [2.24, 2.45) is 0 Å². The predicted molar refractivity (Wildman–Crippen MR) is 146 cm³/mol. The van der Waals surface area contributed by atoms with Crippen LogP contribution in [0.15, 0.2) is 97.1 Å². The highest BCUT2D eigenvalue weighted by molar-refractivity contribution is 6.62. The molecule has 5 aromatic rings. The molecule has 35 heavy (non-hydrogen) atoms. The van der Waals surface area contributed by atoms with Crippen LogP contribution in [-0.4, -0.2) is 22.9 Å². The van der Waals surface area contributed by atoms with E-state index in [1.807, 2.05) is 0 Å². The second kappa shape index (κ2) is 8.12. The minimum absolute atomic E-state index is 0.320. The topological polar surface area (TPSA) is 23.4 Å². The lowest BCUT2D eigenvalue weighted by atomic mass is 9.78. The zero-order valence-electron chi connectivity index (χ0n) is 20.8. The van der Waals surface area contributed by atoms with E-state index in [0.717, 1.165) is 11.9 Å². The van der Waals surface area contributed by atoms with Gasteiger partial charge in [0, 0.05) is 16.5 Å². The number of hydrogen-bond acceptors (Lipinski definition) is 2. The molecular weight excluding hydrogens is 429 g/mol. The normalized spacial score (nSPS) is 16.9. The van der Waals surface area contributed by atoms with Gasteiger partial charge in [0.25, 0.3) is 0 Å². The number of nitrogens with zero attached hydrogens (tertiary/aromatic N) is 1. The summed E-state index contributed by atoms with van der Waals surface area (Å²) in [6, 6.07) is 34.8. The summed E-state index contributed by atoms with van der Waals surface area (Å²) in [6.07, 6.45) is 0.886. The second-order valence-electron chi connectivity index (χ2n) is 10.5. The molecule has 0 atom stereocenters. The summed E-state index contributed by atoms with van der Waals surface area (Å²) in [7, 11) is -0.320. The number of rotatable bonds is 4.